The topological polar surface area (TPSA) is 46.9 Å². The van der Waals surface area contributed by atoms with Crippen molar-refractivity contribution in [3.63, 3.8) is 0 Å². The van der Waals surface area contributed by atoms with Crippen LogP contribution < -0.4 is 10.9 Å². The van der Waals surface area contributed by atoms with Crippen molar-refractivity contribution in [1.82, 2.24) is 9.78 Å². The van der Waals surface area contributed by atoms with Gasteiger partial charge in [0, 0.05) is 4.88 Å². The molecular weight excluding hydrogens is 306 g/mol. The zero-order valence-corrected chi connectivity index (χ0v) is 12.9. The summed E-state index contributed by atoms with van der Waals surface area (Å²) < 4.78 is 1.24. The minimum Gasteiger partial charge on any atom is -0.372 e. The number of thiophene rings is 1. The van der Waals surface area contributed by atoms with Gasteiger partial charge in [-0.2, -0.15) is 5.10 Å². The van der Waals surface area contributed by atoms with E-state index in [9.17, 15) is 4.79 Å². The molecule has 3 rings (SSSR count). The lowest BCUT2D eigenvalue weighted by Gasteiger charge is -2.24. The zero-order valence-electron chi connectivity index (χ0n) is 11.3. The second-order valence-electron chi connectivity index (χ2n) is 4.92. The highest BCUT2D eigenvalue weighted by atomic mass is 35.5. The van der Waals surface area contributed by atoms with Crippen LogP contribution in [0.25, 0.3) is 0 Å². The number of aromatic nitrogens is 2. The first-order chi connectivity index (χ1) is 10.2. The summed E-state index contributed by atoms with van der Waals surface area (Å²) in [6.07, 6.45) is 9.90. The lowest BCUT2D eigenvalue weighted by atomic mass is 9.94. The van der Waals surface area contributed by atoms with Gasteiger partial charge in [-0.3, -0.25) is 4.79 Å². The summed E-state index contributed by atoms with van der Waals surface area (Å²) in [7, 11) is 0. The van der Waals surface area contributed by atoms with Crippen LogP contribution in [0.2, 0.25) is 5.02 Å². The van der Waals surface area contributed by atoms with Gasteiger partial charge >= 0.3 is 0 Å². The van der Waals surface area contributed by atoms with Crippen LogP contribution in [0, 0.1) is 12.3 Å². The van der Waals surface area contributed by atoms with Gasteiger partial charge in [-0.1, -0.05) is 17.5 Å². The van der Waals surface area contributed by atoms with Crippen LogP contribution >= 0.6 is 22.9 Å². The number of nitrogens with one attached hydrogen (secondary N) is 1. The summed E-state index contributed by atoms with van der Waals surface area (Å²) >= 11 is 7.90. The molecule has 2 aromatic rings. The highest BCUT2D eigenvalue weighted by Gasteiger charge is 2.23. The average Bonchev–Trinajstić information content (AvgIpc) is 2.96. The van der Waals surface area contributed by atoms with E-state index in [4.69, 9.17) is 18.0 Å². The smallest absolute Gasteiger partial charge is 0.292 e. The van der Waals surface area contributed by atoms with Crippen molar-refractivity contribution in [3.05, 3.63) is 43.5 Å². The molecule has 0 spiro atoms. The molecule has 0 amide bonds. The van der Waals surface area contributed by atoms with Crippen LogP contribution in [0.15, 0.2) is 22.4 Å². The standard InChI is InChI=1S/C15H14ClN3OS/c1-2-7-19-15(20)14(11(16)9-17-19)18-12-4-3-5-13-10(12)6-8-21-13/h1,6,8-9,12,18H,3-5,7H2. The molecular formula is C15H14ClN3OS. The number of anilines is 1. The van der Waals surface area contributed by atoms with Gasteiger partial charge in [-0.05, 0) is 36.3 Å². The van der Waals surface area contributed by atoms with E-state index in [2.05, 4.69) is 27.8 Å². The first-order valence-electron chi connectivity index (χ1n) is 6.72. The van der Waals surface area contributed by atoms with Gasteiger partial charge in [-0.25, -0.2) is 4.68 Å². The van der Waals surface area contributed by atoms with Gasteiger partial charge in [0.2, 0.25) is 0 Å². The largest absolute Gasteiger partial charge is 0.372 e. The molecule has 2 heterocycles. The first kappa shape index (κ1) is 14.2. The molecule has 1 N–H and O–H groups in total. The van der Waals surface area contributed by atoms with E-state index in [0.29, 0.717) is 10.7 Å². The van der Waals surface area contributed by atoms with Crippen LogP contribution in [0.4, 0.5) is 5.69 Å². The fourth-order valence-corrected chi connectivity index (χ4v) is 3.78. The predicted octanol–water partition coefficient (Wildman–Crippen LogP) is 3.08. The zero-order chi connectivity index (χ0) is 14.8. The van der Waals surface area contributed by atoms with E-state index >= 15 is 0 Å². The Morgan fingerprint density at radius 2 is 2.48 bits per heavy atom. The van der Waals surface area contributed by atoms with E-state index in [0.717, 1.165) is 19.3 Å². The summed E-state index contributed by atoms with van der Waals surface area (Å²) in [5.41, 5.74) is 1.37. The van der Waals surface area contributed by atoms with Crippen molar-refractivity contribution >= 4 is 28.6 Å². The Hall–Kier alpha value is -1.77. The number of terminal acetylenes is 1. The van der Waals surface area contributed by atoms with E-state index in [-0.39, 0.29) is 18.1 Å². The van der Waals surface area contributed by atoms with Gasteiger partial charge in [-0.15, -0.1) is 17.8 Å². The number of fused-ring (bicyclic) bond motifs is 1. The molecule has 1 atom stereocenters. The summed E-state index contributed by atoms with van der Waals surface area (Å²) in [5, 5.41) is 9.66. The molecule has 4 nitrogen and oxygen atoms in total. The van der Waals surface area contributed by atoms with Gasteiger partial charge in [0.25, 0.3) is 5.56 Å². The van der Waals surface area contributed by atoms with E-state index in [1.54, 1.807) is 11.3 Å². The fourth-order valence-electron chi connectivity index (χ4n) is 2.61. The molecule has 1 aliphatic carbocycles. The monoisotopic (exact) mass is 319 g/mol. The molecule has 6 heteroatoms. The van der Waals surface area contributed by atoms with Crippen LogP contribution in [0.1, 0.15) is 29.3 Å². The highest BCUT2D eigenvalue weighted by molar-refractivity contribution is 7.10. The maximum atomic E-state index is 12.4. The van der Waals surface area contributed by atoms with Crippen molar-refractivity contribution < 1.29 is 0 Å². The Morgan fingerprint density at radius 3 is 3.29 bits per heavy atom. The molecule has 0 fully saturated rings. The molecule has 1 aliphatic rings. The minimum absolute atomic E-state index is 0.117. The Morgan fingerprint density at radius 1 is 1.62 bits per heavy atom. The van der Waals surface area contributed by atoms with Gasteiger partial charge in [0.1, 0.15) is 12.2 Å². The number of aryl methyl sites for hydroxylation is 1. The second kappa shape index (κ2) is 5.92. The Balaban J connectivity index is 1.95. The van der Waals surface area contributed by atoms with E-state index in [1.807, 2.05) is 0 Å². The minimum atomic E-state index is -0.275. The molecule has 0 radical (unpaired) electrons. The summed E-state index contributed by atoms with van der Waals surface area (Å²) in [5.74, 6) is 2.42. The van der Waals surface area contributed by atoms with Crippen molar-refractivity contribution in [1.29, 1.82) is 0 Å². The number of hydrogen-bond donors (Lipinski definition) is 1. The molecule has 0 aliphatic heterocycles. The Bertz CT molecular complexity index is 759. The molecule has 2 aromatic heterocycles. The predicted molar refractivity (Wildman–Crippen MR) is 86.0 cm³/mol. The van der Waals surface area contributed by atoms with Crippen molar-refractivity contribution in [3.8, 4) is 12.3 Å². The second-order valence-corrected chi connectivity index (χ2v) is 6.33. The third kappa shape index (κ3) is 2.69. The van der Waals surface area contributed by atoms with Crippen molar-refractivity contribution in [2.75, 3.05) is 5.32 Å². The normalized spacial score (nSPS) is 17.0. The van der Waals surface area contributed by atoms with Crippen molar-refractivity contribution in [2.45, 2.75) is 31.8 Å². The molecule has 21 heavy (non-hydrogen) atoms. The number of hydrogen-bond acceptors (Lipinski definition) is 4. The molecule has 0 aromatic carbocycles. The number of halogens is 1. The molecule has 108 valence electrons. The van der Waals surface area contributed by atoms with Gasteiger partial charge in [0.15, 0.2) is 0 Å². The maximum absolute atomic E-state index is 12.4. The highest BCUT2D eigenvalue weighted by Crippen LogP contribution is 2.35. The lowest BCUT2D eigenvalue weighted by Crippen LogP contribution is -2.28. The molecule has 0 saturated heterocycles. The Kier molecular flexibility index (Phi) is 4.00. The fraction of sp³-hybridized carbons (Fsp3) is 0.333. The Labute approximate surface area is 131 Å². The summed E-state index contributed by atoms with van der Waals surface area (Å²) in [6.45, 7) is 0.138. The van der Waals surface area contributed by atoms with Crippen LogP contribution in [0.3, 0.4) is 0 Å². The summed E-state index contributed by atoms with van der Waals surface area (Å²) in [4.78, 5) is 13.7. The first-order valence-corrected chi connectivity index (χ1v) is 7.98. The molecule has 1 unspecified atom stereocenters. The SMILES string of the molecule is C#CCn1ncc(Cl)c(NC2CCCc3sccc32)c1=O. The van der Waals surface area contributed by atoms with Gasteiger partial charge in [0.05, 0.1) is 17.3 Å². The van der Waals surface area contributed by atoms with E-state index < -0.39 is 0 Å². The van der Waals surface area contributed by atoms with E-state index in [1.165, 1.54) is 21.3 Å². The maximum Gasteiger partial charge on any atom is 0.292 e. The van der Waals surface area contributed by atoms with Crippen LogP contribution in [-0.2, 0) is 13.0 Å². The van der Waals surface area contributed by atoms with Crippen LogP contribution in [0.5, 0.6) is 0 Å². The average molecular weight is 320 g/mol. The lowest BCUT2D eigenvalue weighted by molar-refractivity contribution is 0.603. The van der Waals surface area contributed by atoms with Gasteiger partial charge < -0.3 is 5.32 Å². The number of nitrogens with zero attached hydrogens (tertiary/aromatic N) is 2. The molecule has 0 bridgehead atoms. The van der Waals surface area contributed by atoms with Crippen LogP contribution in [-0.4, -0.2) is 9.78 Å². The quantitative estimate of drug-likeness (QED) is 0.884. The summed E-state index contributed by atoms with van der Waals surface area (Å²) in [6, 6.07) is 2.23. The molecule has 0 saturated carbocycles. The third-order valence-corrected chi connectivity index (χ3v) is 4.89. The van der Waals surface area contributed by atoms with Crippen molar-refractivity contribution in [2.24, 2.45) is 0 Å². The third-order valence-electron chi connectivity index (χ3n) is 3.61. The number of rotatable bonds is 3.